The third-order valence-corrected chi connectivity index (χ3v) is 3.21. The molecule has 0 bridgehead atoms. The van der Waals surface area contributed by atoms with Gasteiger partial charge in [0.05, 0.1) is 7.11 Å². The van der Waals surface area contributed by atoms with Gasteiger partial charge in [-0.25, -0.2) is 0 Å². The van der Waals surface area contributed by atoms with E-state index in [4.69, 9.17) is 0 Å². The van der Waals surface area contributed by atoms with E-state index in [2.05, 4.69) is 37.7 Å². The van der Waals surface area contributed by atoms with Crippen molar-refractivity contribution in [2.24, 2.45) is 7.05 Å². The summed E-state index contributed by atoms with van der Waals surface area (Å²) < 4.78 is 6.35. The topological polar surface area (TPSA) is 56.1 Å². The minimum Gasteiger partial charge on any atom is -0.468 e. The van der Waals surface area contributed by atoms with E-state index in [9.17, 15) is 4.79 Å². The molecule has 1 rings (SSSR count). The van der Waals surface area contributed by atoms with Crippen molar-refractivity contribution < 1.29 is 9.53 Å². The van der Waals surface area contributed by atoms with Gasteiger partial charge in [-0.05, 0) is 6.07 Å². The zero-order valence-electron chi connectivity index (χ0n) is 9.44. The van der Waals surface area contributed by atoms with Crippen LogP contribution in [0.2, 0.25) is 0 Å². The van der Waals surface area contributed by atoms with Gasteiger partial charge >= 0.3 is 5.97 Å². The molecule has 5 nitrogen and oxygen atoms in total. The second-order valence-electron chi connectivity index (χ2n) is 3.39. The number of hydrogen-bond donors (Lipinski definition) is 1. The largest absolute Gasteiger partial charge is 0.468 e. The van der Waals surface area contributed by atoms with Gasteiger partial charge in [-0.15, -0.1) is 0 Å². The maximum atomic E-state index is 11.1. The zero-order chi connectivity index (χ0) is 12.0. The third kappa shape index (κ3) is 4.09. The number of aryl methyl sites for hydroxylation is 1. The summed E-state index contributed by atoms with van der Waals surface area (Å²) in [4.78, 5) is 11.1. The van der Waals surface area contributed by atoms with Crippen LogP contribution >= 0.6 is 22.6 Å². The summed E-state index contributed by atoms with van der Waals surface area (Å²) >= 11 is 2.07. The molecule has 0 saturated carbocycles. The number of rotatable bonds is 6. The van der Waals surface area contributed by atoms with E-state index in [1.807, 2.05) is 17.8 Å². The summed E-state index contributed by atoms with van der Waals surface area (Å²) in [5.41, 5.74) is 1.18. The minimum absolute atomic E-state index is 0.130. The maximum absolute atomic E-state index is 11.1. The SMILES string of the molecule is COC(=O)C(I)CNCCc1ccnn1C. The predicted octanol–water partition coefficient (Wildman–Crippen LogP) is 0.529. The highest BCUT2D eigenvalue weighted by molar-refractivity contribution is 14.1. The van der Waals surface area contributed by atoms with E-state index in [0.717, 1.165) is 13.0 Å². The molecule has 90 valence electrons. The molecule has 1 unspecified atom stereocenters. The summed E-state index contributed by atoms with van der Waals surface area (Å²) in [5.74, 6) is -0.186. The van der Waals surface area contributed by atoms with E-state index in [1.165, 1.54) is 12.8 Å². The monoisotopic (exact) mass is 337 g/mol. The molecule has 0 aliphatic rings. The first-order valence-electron chi connectivity index (χ1n) is 5.04. The van der Waals surface area contributed by atoms with Gasteiger partial charge in [0.2, 0.25) is 0 Å². The number of halogens is 1. The molecular formula is C10H16IN3O2. The van der Waals surface area contributed by atoms with Crippen molar-refractivity contribution in [3.05, 3.63) is 18.0 Å². The summed E-state index contributed by atoms with van der Waals surface area (Å²) in [6.07, 6.45) is 2.69. The number of nitrogens with one attached hydrogen (secondary N) is 1. The van der Waals surface area contributed by atoms with Crippen LogP contribution in [0.3, 0.4) is 0 Å². The highest BCUT2D eigenvalue weighted by Crippen LogP contribution is 2.01. The number of esters is 1. The Bertz CT molecular complexity index is 341. The summed E-state index contributed by atoms with van der Waals surface area (Å²) in [5, 5.41) is 7.30. The Morgan fingerprint density at radius 3 is 3.06 bits per heavy atom. The van der Waals surface area contributed by atoms with Crippen LogP contribution in [-0.2, 0) is 23.0 Å². The van der Waals surface area contributed by atoms with Crippen LogP contribution in [0, 0.1) is 0 Å². The van der Waals surface area contributed by atoms with Crippen LogP contribution in [0.15, 0.2) is 12.3 Å². The molecule has 16 heavy (non-hydrogen) atoms. The number of methoxy groups -OCH3 is 1. The number of alkyl halides is 1. The molecule has 0 fully saturated rings. The molecule has 1 aromatic rings. The highest BCUT2D eigenvalue weighted by Gasteiger charge is 2.13. The lowest BCUT2D eigenvalue weighted by Crippen LogP contribution is -2.31. The lowest BCUT2D eigenvalue weighted by atomic mass is 10.3. The standard InChI is InChI=1S/C10H16IN3O2/c1-14-8(4-6-13-14)3-5-12-7-9(11)10(15)16-2/h4,6,9,12H,3,5,7H2,1-2H3. The number of aromatic nitrogens is 2. The Kier molecular flexibility index (Phi) is 5.75. The van der Waals surface area contributed by atoms with Crippen molar-refractivity contribution in [2.45, 2.75) is 10.3 Å². The Morgan fingerprint density at radius 2 is 2.50 bits per heavy atom. The Morgan fingerprint density at radius 1 is 1.75 bits per heavy atom. The van der Waals surface area contributed by atoms with Crippen molar-refractivity contribution in [2.75, 3.05) is 20.2 Å². The van der Waals surface area contributed by atoms with Crippen LogP contribution in [0.1, 0.15) is 5.69 Å². The van der Waals surface area contributed by atoms with Gasteiger partial charge in [-0.1, -0.05) is 22.6 Å². The number of hydrogen-bond acceptors (Lipinski definition) is 4. The number of ether oxygens (including phenoxy) is 1. The second-order valence-corrected chi connectivity index (χ2v) is 4.89. The first-order valence-corrected chi connectivity index (χ1v) is 6.29. The molecule has 0 aliphatic carbocycles. The lowest BCUT2D eigenvalue weighted by molar-refractivity contribution is -0.139. The van der Waals surface area contributed by atoms with E-state index >= 15 is 0 Å². The number of carbonyl (C=O) groups excluding carboxylic acids is 1. The molecule has 1 heterocycles. The van der Waals surface area contributed by atoms with Crippen molar-refractivity contribution >= 4 is 28.6 Å². The molecule has 0 amide bonds. The maximum Gasteiger partial charge on any atom is 0.319 e. The van der Waals surface area contributed by atoms with Crippen LogP contribution < -0.4 is 5.32 Å². The number of carbonyl (C=O) groups is 1. The fourth-order valence-corrected chi connectivity index (χ4v) is 1.87. The smallest absolute Gasteiger partial charge is 0.319 e. The van der Waals surface area contributed by atoms with Crippen LogP contribution in [-0.4, -0.2) is 39.9 Å². The van der Waals surface area contributed by atoms with Crippen molar-refractivity contribution in [1.82, 2.24) is 15.1 Å². The van der Waals surface area contributed by atoms with Gasteiger partial charge < -0.3 is 10.1 Å². The summed E-state index contributed by atoms with van der Waals surface area (Å²) in [6, 6.07) is 1.99. The lowest BCUT2D eigenvalue weighted by Gasteiger charge is -2.09. The average Bonchev–Trinajstić information content (AvgIpc) is 2.69. The van der Waals surface area contributed by atoms with E-state index in [0.29, 0.717) is 6.54 Å². The first-order chi connectivity index (χ1) is 7.65. The number of nitrogens with zero attached hydrogens (tertiary/aromatic N) is 2. The van der Waals surface area contributed by atoms with Crippen molar-refractivity contribution in [3.8, 4) is 0 Å². The van der Waals surface area contributed by atoms with Crippen LogP contribution in [0.4, 0.5) is 0 Å². The molecular weight excluding hydrogens is 321 g/mol. The highest BCUT2D eigenvalue weighted by atomic mass is 127. The third-order valence-electron chi connectivity index (χ3n) is 2.26. The molecule has 1 atom stereocenters. The van der Waals surface area contributed by atoms with Crippen LogP contribution in [0.25, 0.3) is 0 Å². The molecule has 0 aliphatic heterocycles. The van der Waals surface area contributed by atoms with E-state index in [1.54, 1.807) is 6.20 Å². The van der Waals surface area contributed by atoms with Crippen molar-refractivity contribution in [3.63, 3.8) is 0 Å². The predicted molar refractivity (Wildman–Crippen MR) is 69.6 cm³/mol. The zero-order valence-corrected chi connectivity index (χ0v) is 11.6. The second kappa shape index (κ2) is 6.85. The first kappa shape index (κ1) is 13.4. The molecule has 0 aromatic carbocycles. The van der Waals surface area contributed by atoms with Gasteiger partial charge in [-0.3, -0.25) is 9.48 Å². The fraction of sp³-hybridized carbons (Fsp3) is 0.600. The summed E-state index contributed by atoms with van der Waals surface area (Å²) in [7, 11) is 3.33. The van der Waals surface area contributed by atoms with Gasteiger partial charge in [-0.2, -0.15) is 5.10 Å². The molecule has 6 heteroatoms. The average molecular weight is 337 g/mol. The van der Waals surface area contributed by atoms with Gasteiger partial charge in [0.1, 0.15) is 3.92 Å². The molecule has 0 radical (unpaired) electrons. The van der Waals surface area contributed by atoms with Crippen LogP contribution in [0.5, 0.6) is 0 Å². The van der Waals surface area contributed by atoms with E-state index in [-0.39, 0.29) is 9.89 Å². The molecule has 1 N–H and O–H groups in total. The summed E-state index contributed by atoms with van der Waals surface area (Å²) in [6.45, 7) is 1.46. The van der Waals surface area contributed by atoms with Gasteiger partial charge in [0.15, 0.2) is 0 Å². The molecule has 1 aromatic heterocycles. The Labute approximate surface area is 109 Å². The quantitative estimate of drug-likeness (QED) is 0.356. The van der Waals surface area contributed by atoms with E-state index < -0.39 is 0 Å². The van der Waals surface area contributed by atoms with Crippen molar-refractivity contribution in [1.29, 1.82) is 0 Å². The normalized spacial score (nSPS) is 12.4. The fourth-order valence-electron chi connectivity index (χ4n) is 1.30. The minimum atomic E-state index is -0.186. The van der Waals surface area contributed by atoms with Gasteiger partial charge in [0, 0.05) is 38.4 Å². The Hall–Kier alpha value is -0.630. The molecule has 0 saturated heterocycles. The Balaban J connectivity index is 2.17. The van der Waals surface area contributed by atoms with Gasteiger partial charge in [0.25, 0.3) is 0 Å². The molecule has 0 spiro atoms.